The van der Waals surface area contributed by atoms with E-state index < -0.39 is 0 Å². The molecule has 0 unspecified atom stereocenters. The quantitative estimate of drug-likeness (QED) is 0.909. The topological polar surface area (TPSA) is 67.3 Å². The maximum Gasteiger partial charge on any atom is 0.252 e. The summed E-state index contributed by atoms with van der Waals surface area (Å²) in [6, 6.07) is 3.60. The number of nitrogens with one attached hydrogen (secondary N) is 1. The van der Waals surface area contributed by atoms with Gasteiger partial charge in [0.05, 0.1) is 7.11 Å². The van der Waals surface area contributed by atoms with Gasteiger partial charge >= 0.3 is 0 Å². The van der Waals surface area contributed by atoms with Gasteiger partial charge in [-0.1, -0.05) is 0 Å². The van der Waals surface area contributed by atoms with E-state index in [9.17, 15) is 4.79 Å². The molecule has 1 aliphatic rings. The number of carbonyl (C=O) groups is 1. The Morgan fingerprint density at radius 1 is 1.43 bits per heavy atom. The third kappa shape index (κ3) is 3.98. The molecule has 23 heavy (non-hydrogen) atoms. The van der Waals surface area contributed by atoms with Crippen LogP contribution >= 0.6 is 11.3 Å². The molecule has 122 valence electrons. The van der Waals surface area contributed by atoms with E-state index in [2.05, 4.69) is 20.2 Å². The Kier molecular flexibility index (Phi) is 5.07. The van der Waals surface area contributed by atoms with Crippen LogP contribution in [0.3, 0.4) is 0 Å². The molecule has 0 saturated carbocycles. The van der Waals surface area contributed by atoms with Gasteiger partial charge in [0.2, 0.25) is 11.8 Å². The summed E-state index contributed by atoms with van der Waals surface area (Å²) in [6.07, 6.45) is 3.75. The van der Waals surface area contributed by atoms with Crippen molar-refractivity contribution in [1.82, 2.24) is 15.3 Å². The van der Waals surface area contributed by atoms with E-state index in [0.717, 1.165) is 38.0 Å². The van der Waals surface area contributed by atoms with E-state index in [0.29, 0.717) is 17.7 Å². The minimum atomic E-state index is 0.0183. The summed E-state index contributed by atoms with van der Waals surface area (Å²) in [5.74, 6) is 1.81. The van der Waals surface area contributed by atoms with Gasteiger partial charge in [-0.15, -0.1) is 0 Å². The number of amides is 1. The van der Waals surface area contributed by atoms with Gasteiger partial charge in [0.1, 0.15) is 0 Å². The second kappa shape index (κ2) is 7.41. The summed E-state index contributed by atoms with van der Waals surface area (Å²) in [5.41, 5.74) is 0.747. The second-order valence-corrected chi connectivity index (χ2v) is 6.33. The number of aromatic nitrogens is 2. The van der Waals surface area contributed by atoms with Crippen LogP contribution in [-0.4, -0.2) is 42.6 Å². The normalized spacial score (nSPS) is 15.4. The first-order valence-electron chi connectivity index (χ1n) is 7.68. The fourth-order valence-corrected chi connectivity index (χ4v) is 3.30. The predicted molar refractivity (Wildman–Crippen MR) is 90.2 cm³/mol. The molecule has 6 nitrogen and oxygen atoms in total. The Balaban J connectivity index is 1.47. The largest absolute Gasteiger partial charge is 0.481 e. The molecule has 0 bridgehead atoms. The third-order valence-electron chi connectivity index (χ3n) is 4.06. The number of ether oxygens (including phenoxy) is 1. The number of thiophene rings is 1. The summed E-state index contributed by atoms with van der Waals surface area (Å²) in [6.45, 7) is 2.51. The van der Waals surface area contributed by atoms with Crippen LogP contribution in [0.4, 0.5) is 5.95 Å². The fraction of sp³-hybridized carbons (Fsp3) is 0.438. The molecule has 3 heterocycles. The zero-order chi connectivity index (χ0) is 16.1. The van der Waals surface area contributed by atoms with Gasteiger partial charge in [-0.05, 0) is 30.2 Å². The molecule has 1 fully saturated rings. The monoisotopic (exact) mass is 332 g/mol. The zero-order valence-corrected chi connectivity index (χ0v) is 13.9. The summed E-state index contributed by atoms with van der Waals surface area (Å²) >= 11 is 1.54. The lowest BCUT2D eigenvalue weighted by atomic mass is 9.97. The van der Waals surface area contributed by atoms with Crippen LogP contribution in [0.25, 0.3) is 0 Å². The summed E-state index contributed by atoms with van der Waals surface area (Å²) in [5, 5.41) is 6.82. The number of piperidine rings is 1. The first kappa shape index (κ1) is 15.7. The highest BCUT2D eigenvalue weighted by Crippen LogP contribution is 2.21. The third-order valence-corrected chi connectivity index (χ3v) is 4.74. The van der Waals surface area contributed by atoms with Gasteiger partial charge in [0, 0.05) is 42.8 Å². The fourth-order valence-electron chi connectivity index (χ4n) is 2.67. The number of hydrogen-bond acceptors (Lipinski definition) is 6. The highest BCUT2D eigenvalue weighted by molar-refractivity contribution is 7.08. The Hall–Kier alpha value is -2.15. The van der Waals surface area contributed by atoms with Gasteiger partial charge in [-0.2, -0.15) is 16.3 Å². The molecule has 1 aliphatic heterocycles. The summed E-state index contributed by atoms with van der Waals surface area (Å²) in [7, 11) is 1.61. The van der Waals surface area contributed by atoms with Crippen LogP contribution in [0.5, 0.6) is 5.88 Å². The molecular formula is C16H20N4O2S. The first-order chi connectivity index (χ1) is 11.3. The van der Waals surface area contributed by atoms with Gasteiger partial charge < -0.3 is 15.0 Å². The van der Waals surface area contributed by atoms with Crippen LogP contribution in [0.2, 0.25) is 0 Å². The van der Waals surface area contributed by atoms with E-state index >= 15 is 0 Å². The summed E-state index contributed by atoms with van der Waals surface area (Å²) in [4.78, 5) is 22.8. The van der Waals surface area contributed by atoms with Crippen molar-refractivity contribution in [3.8, 4) is 5.88 Å². The summed E-state index contributed by atoms with van der Waals surface area (Å²) < 4.78 is 5.14. The maximum atomic E-state index is 12.0. The number of hydrogen-bond donors (Lipinski definition) is 1. The van der Waals surface area contributed by atoms with E-state index in [1.807, 2.05) is 16.8 Å². The van der Waals surface area contributed by atoms with Crippen LogP contribution in [-0.2, 0) is 0 Å². The number of anilines is 1. The second-order valence-electron chi connectivity index (χ2n) is 5.55. The lowest BCUT2D eigenvalue weighted by molar-refractivity contribution is 0.0945. The number of carbonyl (C=O) groups excluding carboxylic acids is 1. The van der Waals surface area contributed by atoms with Crippen molar-refractivity contribution < 1.29 is 9.53 Å². The van der Waals surface area contributed by atoms with E-state index in [4.69, 9.17) is 4.74 Å². The van der Waals surface area contributed by atoms with Crippen molar-refractivity contribution in [3.63, 3.8) is 0 Å². The minimum absolute atomic E-state index is 0.0183. The van der Waals surface area contributed by atoms with Crippen molar-refractivity contribution in [3.05, 3.63) is 34.7 Å². The smallest absolute Gasteiger partial charge is 0.252 e. The van der Waals surface area contributed by atoms with Crippen molar-refractivity contribution >= 4 is 23.2 Å². The molecule has 2 aromatic rings. The molecule has 0 atom stereocenters. The molecular weight excluding hydrogens is 312 g/mol. The average molecular weight is 332 g/mol. The van der Waals surface area contributed by atoms with Gasteiger partial charge in [0.25, 0.3) is 5.91 Å². The standard InChI is InChI=1S/C16H20N4O2S/c1-22-14-2-6-17-16(19-14)20-7-3-12(4-8-20)10-18-15(21)13-5-9-23-11-13/h2,5-6,9,11-12H,3-4,7-8,10H2,1H3,(H,18,21). The molecule has 2 aromatic heterocycles. The van der Waals surface area contributed by atoms with Crippen LogP contribution in [0.1, 0.15) is 23.2 Å². The van der Waals surface area contributed by atoms with Gasteiger partial charge in [-0.25, -0.2) is 4.98 Å². The molecule has 0 aliphatic carbocycles. The SMILES string of the molecule is COc1ccnc(N2CCC(CNC(=O)c3ccsc3)CC2)n1. The van der Waals surface area contributed by atoms with Gasteiger partial charge in [0.15, 0.2) is 0 Å². The van der Waals surface area contributed by atoms with Gasteiger partial charge in [-0.3, -0.25) is 4.79 Å². The minimum Gasteiger partial charge on any atom is -0.481 e. The molecule has 1 amide bonds. The van der Waals surface area contributed by atoms with E-state index in [-0.39, 0.29) is 5.91 Å². The molecule has 0 aromatic carbocycles. The Labute approximate surface area is 139 Å². The molecule has 0 radical (unpaired) electrons. The number of rotatable bonds is 5. The van der Waals surface area contributed by atoms with E-state index in [1.165, 1.54) is 11.3 Å². The molecule has 1 N–H and O–H groups in total. The molecule has 0 spiro atoms. The Morgan fingerprint density at radius 3 is 2.96 bits per heavy atom. The Morgan fingerprint density at radius 2 is 2.26 bits per heavy atom. The van der Waals surface area contributed by atoms with Crippen molar-refractivity contribution in [2.75, 3.05) is 31.6 Å². The van der Waals surface area contributed by atoms with Crippen molar-refractivity contribution in [2.45, 2.75) is 12.8 Å². The molecule has 1 saturated heterocycles. The highest BCUT2D eigenvalue weighted by Gasteiger charge is 2.21. The zero-order valence-electron chi connectivity index (χ0n) is 13.1. The molecule has 3 rings (SSSR count). The first-order valence-corrected chi connectivity index (χ1v) is 8.63. The average Bonchev–Trinajstić information content (AvgIpc) is 3.15. The number of nitrogens with zero attached hydrogens (tertiary/aromatic N) is 3. The van der Waals surface area contributed by atoms with E-state index in [1.54, 1.807) is 19.4 Å². The highest BCUT2D eigenvalue weighted by atomic mass is 32.1. The van der Waals surface area contributed by atoms with Crippen molar-refractivity contribution in [2.24, 2.45) is 5.92 Å². The molecule has 7 heteroatoms. The lowest BCUT2D eigenvalue weighted by Gasteiger charge is -2.32. The van der Waals surface area contributed by atoms with Crippen molar-refractivity contribution in [1.29, 1.82) is 0 Å². The maximum absolute atomic E-state index is 12.0. The predicted octanol–water partition coefficient (Wildman–Crippen LogP) is 2.19. The lowest BCUT2D eigenvalue weighted by Crippen LogP contribution is -2.39. The van der Waals surface area contributed by atoms with Crippen LogP contribution in [0, 0.1) is 5.92 Å². The van der Waals surface area contributed by atoms with Crippen LogP contribution in [0.15, 0.2) is 29.1 Å². The Bertz CT molecular complexity index is 639. The number of methoxy groups -OCH3 is 1. The van der Waals surface area contributed by atoms with Crippen LogP contribution < -0.4 is 15.0 Å².